The van der Waals surface area contributed by atoms with Crippen molar-refractivity contribution >= 4 is 76.0 Å². The van der Waals surface area contributed by atoms with Gasteiger partial charge in [0.1, 0.15) is 11.3 Å². The SMILES string of the molecule is CC(C)COc1c(Cl)cc(Cl)cc1/C=C1\C(=O)NC(=O)N(c2ccc(Cl)c(Cl)c2)C1=O. The molecule has 0 aromatic heterocycles. The lowest BCUT2D eigenvalue weighted by molar-refractivity contribution is -0.122. The Bertz CT molecular complexity index is 1110. The van der Waals surface area contributed by atoms with Crippen LogP contribution in [0.5, 0.6) is 5.75 Å². The summed E-state index contributed by atoms with van der Waals surface area (Å²) in [6.45, 7) is 4.27. The van der Waals surface area contributed by atoms with E-state index in [0.29, 0.717) is 12.2 Å². The van der Waals surface area contributed by atoms with E-state index in [0.717, 1.165) is 4.90 Å². The molecule has 0 saturated carbocycles. The van der Waals surface area contributed by atoms with Crippen LogP contribution in [0.1, 0.15) is 19.4 Å². The molecule has 162 valence electrons. The molecule has 3 rings (SSSR count). The number of barbiturate groups is 1. The molecule has 1 aliphatic rings. The number of hydrogen-bond donors (Lipinski definition) is 1. The second-order valence-corrected chi connectivity index (χ2v) is 8.73. The summed E-state index contributed by atoms with van der Waals surface area (Å²) in [4.78, 5) is 38.7. The van der Waals surface area contributed by atoms with Crippen molar-refractivity contribution in [2.45, 2.75) is 13.8 Å². The van der Waals surface area contributed by atoms with E-state index < -0.39 is 17.8 Å². The number of benzene rings is 2. The summed E-state index contributed by atoms with van der Waals surface area (Å²) in [7, 11) is 0. The first kappa shape index (κ1) is 23.4. The Morgan fingerprint density at radius 2 is 1.71 bits per heavy atom. The van der Waals surface area contributed by atoms with E-state index in [-0.39, 0.29) is 43.0 Å². The number of rotatable bonds is 5. The molecule has 1 saturated heterocycles. The maximum absolute atomic E-state index is 13.1. The van der Waals surface area contributed by atoms with Crippen molar-refractivity contribution in [2.24, 2.45) is 5.92 Å². The van der Waals surface area contributed by atoms with Crippen LogP contribution in [0.2, 0.25) is 20.1 Å². The van der Waals surface area contributed by atoms with Gasteiger partial charge in [0, 0.05) is 10.6 Å². The number of amides is 4. The van der Waals surface area contributed by atoms with Crippen LogP contribution >= 0.6 is 46.4 Å². The van der Waals surface area contributed by atoms with Gasteiger partial charge in [-0.15, -0.1) is 0 Å². The van der Waals surface area contributed by atoms with Crippen LogP contribution in [-0.4, -0.2) is 24.5 Å². The minimum absolute atomic E-state index is 0.146. The predicted octanol–water partition coefficient (Wildman–Crippen LogP) is 6.00. The van der Waals surface area contributed by atoms with Gasteiger partial charge in [-0.1, -0.05) is 60.3 Å². The minimum Gasteiger partial charge on any atom is -0.491 e. The molecular formula is C21H16Cl4N2O4. The lowest BCUT2D eigenvalue weighted by atomic mass is 10.1. The van der Waals surface area contributed by atoms with Gasteiger partial charge >= 0.3 is 6.03 Å². The smallest absolute Gasteiger partial charge is 0.335 e. The first-order chi connectivity index (χ1) is 14.6. The Labute approximate surface area is 198 Å². The van der Waals surface area contributed by atoms with Crippen molar-refractivity contribution in [1.82, 2.24) is 5.32 Å². The highest BCUT2D eigenvalue weighted by atomic mass is 35.5. The van der Waals surface area contributed by atoms with Gasteiger partial charge in [0.05, 0.1) is 27.4 Å². The van der Waals surface area contributed by atoms with E-state index in [4.69, 9.17) is 51.1 Å². The normalized spacial score (nSPS) is 15.6. The third-order valence-corrected chi connectivity index (χ3v) is 5.40. The molecule has 31 heavy (non-hydrogen) atoms. The van der Waals surface area contributed by atoms with Crippen molar-refractivity contribution in [2.75, 3.05) is 11.5 Å². The van der Waals surface area contributed by atoms with Crippen molar-refractivity contribution < 1.29 is 19.1 Å². The van der Waals surface area contributed by atoms with Gasteiger partial charge in [-0.3, -0.25) is 14.9 Å². The van der Waals surface area contributed by atoms with Crippen molar-refractivity contribution in [3.63, 3.8) is 0 Å². The number of carbonyl (C=O) groups is 3. The Morgan fingerprint density at radius 3 is 2.35 bits per heavy atom. The maximum atomic E-state index is 13.1. The largest absolute Gasteiger partial charge is 0.491 e. The second-order valence-electron chi connectivity index (χ2n) is 7.07. The van der Waals surface area contributed by atoms with Crippen LogP contribution < -0.4 is 15.0 Å². The summed E-state index contributed by atoms with van der Waals surface area (Å²) >= 11 is 24.3. The quantitative estimate of drug-likeness (QED) is 0.402. The Hall–Kier alpha value is -2.25. The number of nitrogens with zero attached hydrogens (tertiary/aromatic N) is 1. The van der Waals surface area contributed by atoms with Crippen LogP contribution in [0.3, 0.4) is 0 Å². The topological polar surface area (TPSA) is 75.7 Å². The van der Waals surface area contributed by atoms with E-state index in [1.54, 1.807) is 0 Å². The van der Waals surface area contributed by atoms with E-state index in [1.165, 1.54) is 36.4 Å². The Morgan fingerprint density at radius 1 is 1.00 bits per heavy atom. The van der Waals surface area contributed by atoms with Gasteiger partial charge in [-0.25, -0.2) is 9.69 Å². The number of halogens is 4. The molecule has 0 bridgehead atoms. The van der Waals surface area contributed by atoms with E-state index in [1.807, 2.05) is 13.8 Å². The average molecular weight is 502 g/mol. The molecule has 4 amide bonds. The highest BCUT2D eigenvalue weighted by Gasteiger charge is 2.37. The summed E-state index contributed by atoms with van der Waals surface area (Å²) in [5.41, 5.74) is 0.161. The molecular weight excluding hydrogens is 486 g/mol. The molecule has 1 fully saturated rings. The highest BCUT2D eigenvalue weighted by molar-refractivity contribution is 6.43. The molecule has 1 N–H and O–H groups in total. The van der Waals surface area contributed by atoms with Crippen molar-refractivity contribution in [3.05, 3.63) is 61.6 Å². The number of hydrogen-bond acceptors (Lipinski definition) is 4. The van der Waals surface area contributed by atoms with Crippen LogP contribution in [0.4, 0.5) is 10.5 Å². The third kappa shape index (κ3) is 5.15. The molecule has 0 aliphatic carbocycles. The molecule has 0 radical (unpaired) electrons. The molecule has 2 aromatic carbocycles. The summed E-state index contributed by atoms with van der Waals surface area (Å²) in [6, 6.07) is 6.32. The first-order valence-electron chi connectivity index (χ1n) is 9.06. The van der Waals surface area contributed by atoms with Crippen LogP contribution in [0, 0.1) is 5.92 Å². The second kappa shape index (κ2) is 9.49. The molecule has 0 atom stereocenters. The van der Waals surface area contributed by atoms with E-state index in [9.17, 15) is 14.4 Å². The number of urea groups is 1. The van der Waals surface area contributed by atoms with Gasteiger partial charge in [-0.2, -0.15) is 0 Å². The van der Waals surface area contributed by atoms with Gasteiger partial charge in [-0.05, 0) is 42.3 Å². The minimum atomic E-state index is -0.911. The van der Waals surface area contributed by atoms with Crippen molar-refractivity contribution in [1.29, 1.82) is 0 Å². The summed E-state index contributed by atoms with van der Waals surface area (Å²) < 4.78 is 5.77. The number of ether oxygens (including phenoxy) is 1. The van der Waals surface area contributed by atoms with Gasteiger partial charge in [0.25, 0.3) is 11.8 Å². The molecule has 1 heterocycles. The third-order valence-electron chi connectivity index (χ3n) is 4.16. The van der Waals surface area contributed by atoms with Gasteiger partial charge in [0.2, 0.25) is 0 Å². The molecule has 6 nitrogen and oxygen atoms in total. The van der Waals surface area contributed by atoms with E-state index in [2.05, 4.69) is 5.32 Å². The molecule has 2 aromatic rings. The van der Waals surface area contributed by atoms with Crippen LogP contribution in [0.25, 0.3) is 6.08 Å². The zero-order valence-corrected chi connectivity index (χ0v) is 19.4. The molecule has 10 heteroatoms. The number of anilines is 1. The summed E-state index contributed by atoms with van der Waals surface area (Å²) in [5, 5.41) is 3.05. The number of carbonyl (C=O) groups excluding carboxylic acids is 3. The molecule has 0 unspecified atom stereocenters. The molecule has 1 aliphatic heterocycles. The fourth-order valence-corrected chi connectivity index (χ4v) is 3.62. The fraction of sp³-hybridized carbons (Fsp3) is 0.190. The maximum Gasteiger partial charge on any atom is 0.335 e. The Kier molecular flexibility index (Phi) is 7.17. The fourth-order valence-electron chi connectivity index (χ4n) is 2.76. The summed E-state index contributed by atoms with van der Waals surface area (Å²) in [6.07, 6.45) is 1.28. The van der Waals surface area contributed by atoms with Crippen LogP contribution in [-0.2, 0) is 9.59 Å². The summed E-state index contributed by atoms with van der Waals surface area (Å²) in [5.74, 6) is -1.24. The van der Waals surface area contributed by atoms with Crippen LogP contribution in [0.15, 0.2) is 35.9 Å². The van der Waals surface area contributed by atoms with Crippen molar-refractivity contribution in [3.8, 4) is 5.75 Å². The number of nitrogens with one attached hydrogen (secondary N) is 1. The first-order valence-corrected chi connectivity index (χ1v) is 10.6. The average Bonchev–Trinajstić information content (AvgIpc) is 2.66. The predicted molar refractivity (Wildman–Crippen MR) is 122 cm³/mol. The van der Waals surface area contributed by atoms with Gasteiger partial charge < -0.3 is 4.74 Å². The zero-order valence-electron chi connectivity index (χ0n) is 16.3. The number of imide groups is 2. The van der Waals surface area contributed by atoms with E-state index >= 15 is 0 Å². The Balaban J connectivity index is 2.07. The lowest BCUT2D eigenvalue weighted by Gasteiger charge is -2.26. The zero-order chi connectivity index (χ0) is 22.9. The highest BCUT2D eigenvalue weighted by Crippen LogP contribution is 2.35. The standard InChI is InChI=1S/C21H16Cl4N2O4/c1-10(2)9-31-18-11(5-12(22)7-17(18)25)6-14-19(28)26-21(30)27(20(14)29)13-3-4-15(23)16(24)8-13/h3-8,10H,9H2,1-2H3,(H,26,28,30)/b14-6+. The monoisotopic (exact) mass is 500 g/mol. The van der Waals surface area contributed by atoms with Gasteiger partial charge in [0.15, 0.2) is 0 Å². The molecule has 0 spiro atoms. The lowest BCUT2D eigenvalue weighted by Crippen LogP contribution is -2.54.